The van der Waals surface area contributed by atoms with Gasteiger partial charge < -0.3 is 4.90 Å². The number of halogens is 2. The summed E-state index contributed by atoms with van der Waals surface area (Å²) in [4.78, 5) is 13.7. The second-order valence-corrected chi connectivity index (χ2v) is 5.03. The van der Waals surface area contributed by atoms with Crippen molar-refractivity contribution in [2.24, 2.45) is 0 Å². The van der Waals surface area contributed by atoms with Gasteiger partial charge in [-0.25, -0.2) is 0 Å². The van der Waals surface area contributed by atoms with Crippen LogP contribution in [0.3, 0.4) is 0 Å². The molecule has 0 aromatic heterocycles. The summed E-state index contributed by atoms with van der Waals surface area (Å²) >= 11 is 9.34. The minimum Gasteiger partial charge on any atom is -0.342 e. The van der Waals surface area contributed by atoms with Gasteiger partial charge in [-0.3, -0.25) is 4.79 Å². The van der Waals surface area contributed by atoms with Gasteiger partial charge in [0.2, 0.25) is 0 Å². The number of hydrogen-bond acceptors (Lipinski definition) is 1. The number of nitrogens with zero attached hydrogens (tertiary/aromatic N) is 1. The molecule has 0 fully saturated rings. The summed E-state index contributed by atoms with van der Waals surface area (Å²) in [6, 6.07) is 5.31. The number of unbranched alkanes of at least 4 members (excludes halogenated alkanes) is 1. The zero-order chi connectivity index (χ0) is 12.1. The van der Waals surface area contributed by atoms with Crippen LogP contribution < -0.4 is 0 Å². The van der Waals surface area contributed by atoms with E-state index in [0.29, 0.717) is 10.6 Å². The molecule has 1 aromatic rings. The Morgan fingerprint density at radius 1 is 1.50 bits per heavy atom. The van der Waals surface area contributed by atoms with Gasteiger partial charge >= 0.3 is 0 Å². The highest BCUT2D eigenvalue weighted by molar-refractivity contribution is 9.10. The van der Waals surface area contributed by atoms with E-state index in [4.69, 9.17) is 11.6 Å². The molecule has 0 atom stereocenters. The van der Waals surface area contributed by atoms with Crippen molar-refractivity contribution in [2.75, 3.05) is 13.6 Å². The molecule has 1 aromatic carbocycles. The summed E-state index contributed by atoms with van der Waals surface area (Å²) < 4.78 is 0.880. The van der Waals surface area contributed by atoms with Crippen molar-refractivity contribution in [3.05, 3.63) is 33.3 Å². The molecule has 16 heavy (non-hydrogen) atoms. The number of amides is 1. The molecule has 0 saturated carbocycles. The molecular formula is C12H15BrClNO. The van der Waals surface area contributed by atoms with E-state index >= 15 is 0 Å². The van der Waals surface area contributed by atoms with Crippen LogP contribution >= 0.6 is 27.5 Å². The Kier molecular flexibility index (Phi) is 5.29. The van der Waals surface area contributed by atoms with E-state index in [0.717, 1.165) is 23.9 Å². The Morgan fingerprint density at radius 2 is 2.19 bits per heavy atom. The van der Waals surface area contributed by atoms with Crippen molar-refractivity contribution >= 4 is 33.4 Å². The maximum absolute atomic E-state index is 12.0. The van der Waals surface area contributed by atoms with Crippen LogP contribution in [0, 0.1) is 0 Å². The van der Waals surface area contributed by atoms with Crippen molar-refractivity contribution in [2.45, 2.75) is 19.8 Å². The van der Waals surface area contributed by atoms with Crippen LogP contribution in [0.5, 0.6) is 0 Å². The topological polar surface area (TPSA) is 20.3 Å². The lowest BCUT2D eigenvalue weighted by Gasteiger charge is -2.17. The number of benzene rings is 1. The van der Waals surface area contributed by atoms with Gasteiger partial charge in [0.25, 0.3) is 5.91 Å². The molecule has 4 heteroatoms. The quantitative estimate of drug-likeness (QED) is 0.824. The first-order valence-electron chi connectivity index (χ1n) is 5.26. The fraction of sp³-hybridized carbons (Fsp3) is 0.417. The van der Waals surface area contributed by atoms with E-state index in [1.54, 1.807) is 24.1 Å². The lowest BCUT2D eigenvalue weighted by molar-refractivity contribution is 0.0793. The van der Waals surface area contributed by atoms with Crippen LogP contribution in [0.2, 0.25) is 5.02 Å². The standard InChI is InChI=1S/C12H15BrClNO/c1-3-4-7-15(2)12(16)10-6-5-9(13)8-11(10)14/h5-6,8H,3-4,7H2,1-2H3. The molecule has 0 radical (unpaired) electrons. The summed E-state index contributed by atoms with van der Waals surface area (Å²) in [5.74, 6) is -0.0223. The molecule has 88 valence electrons. The third kappa shape index (κ3) is 3.49. The first-order chi connectivity index (χ1) is 7.56. The average molecular weight is 305 g/mol. The summed E-state index contributed by atoms with van der Waals surface area (Å²) in [7, 11) is 1.80. The van der Waals surface area contributed by atoms with E-state index < -0.39 is 0 Å². The van der Waals surface area contributed by atoms with E-state index in [-0.39, 0.29) is 5.91 Å². The van der Waals surface area contributed by atoms with Crippen LogP contribution in [-0.2, 0) is 0 Å². The van der Waals surface area contributed by atoms with Gasteiger partial charge in [0.1, 0.15) is 0 Å². The van der Waals surface area contributed by atoms with Crippen molar-refractivity contribution in [1.29, 1.82) is 0 Å². The largest absolute Gasteiger partial charge is 0.342 e. The van der Waals surface area contributed by atoms with Crippen LogP contribution in [0.15, 0.2) is 22.7 Å². The van der Waals surface area contributed by atoms with Crippen molar-refractivity contribution in [3.63, 3.8) is 0 Å². The molecule has 0 aliphatic rings. The molecule has 0 spiro atoms. The Hall–Kier alpha value is -0.540. The summed E-state index contributed by atoms with van der Waals surface area (Å²) in [6.45, 7) is 2.87. The van der Waals surface area contributed by atoms with Crippen molar-refractivity contribution in [3.8, 4) is 0 Å². The van der Waals surface area contributed by atoms with Gasteiger partial charge in [0, 0.05) is 18.1 Å². The van der Waals surface area contributed by atoms with E-state index in [9.17, 15) is 4.79 Å². The van der Waals surface area contributed by atoms with Crippen LogP contribution in [0.1, 0.15) is 30.1 Å². The second-order valence-electron chi connectivity index (χ2n) is 3.70. The lowest BCUT2D eigenvalue weighted by atomic mass is 10.2. The van der Waals surface area contributed by atoms with Gasteiger partial charge in [-0.15, -0.1) is 0 Å². The highest BCUT2D eigenvalue weighted by Crippen LogP contribution is 2.22. The molecular weight excluding hydrogens is 289 g/mol. The Morgan fingerprint density at radius 3 is 2.75 bits per heavy atom. The van der Waals surface area contributed by atoms with Crippen LogP contribution in [-0.4, -0.2) is 24.4 Å². The minimum atomic E-state index is -0.0223. The normalized spacial score (nSPS) is 10.2. The first-order valence-corrected chi connectivity index (χ1v) is 6.44. The maximum Gasteiger partial charge on any atom is 0.255 e. The smallest absolute Gasteiger partial charge is 0.255 e. The Labute approximate surface area is 110 Å². The van der Waals surface area contributed by atoms with Gasteiger partial charge in [-0.1, -0.05) is 40.9 Å². The lowest BCUT2D eigenvalue weighted by Crippen LogP contribution is -2.27. The van der Waals surface area contributed by atoms with Crippen LogP contribution in [0.25, 0.3) is 0 Å². The highest BCUT2D eigenvalue weighted by atomic mass is 79.9. The van der Waals surface area contributed by atoms with Crippen molar-refractivity contribution < 1.29 is 4.79 Å². The van der Waals surface area contributed by atoms with E-state index in [1.807, 2.05) is 6.07 Å². The van der Waals surface area contributed by atoms with Crippen LogP contribution in [0.4, 0.5) is 0 Å². The molecule has 0 bridgehead atoms. The monoisotopic (exact) mass is 303 g/mol. The minimum absolute atomic E-state index is 0.0223. The zero-order valence-electron chi connectivity index (χ0n) is 9.46. The number of hydrogen-bond donors (Lipinski definition) is 0. The maximum atomic E-state index is 12.0. The van der Waals surface area contributed by atoms with E-state index in [1.165, 1.54) is 0 Å². The predicted molar refractivity (Wildman–Crippen MR) is 71.0 cm³/mol. The number of carbonyl (C=O) groups excluding carboxylic acids is 1. The summed E-state index contributed by atoms with van der Waals surface area (Å²) in [5, 5.41) is 0.489. The van der Waals surface area contributed by atoms with Gasteiger partial charge in [0.05, 0.1) is 10.6 Å². The predicted octanol–water partition coefficient (Wildman–Crippen LogP) is 3.97. The fourth-order valence-corrected chi connectivity index (χ4v) is 2.12. The third-order valence-corrected chi connectivity index (χ3v) is 3.16. The molecule has 1 amide bonds. The van der Waals surface area contributed by atoms with Crippen molar-refractivity contribution in [1.82, 2.24) is 4.90 Å². The second kappa shape index (κ2) is 6.26. The SMILES string of the molecule is CCCCN(C)C(=O)c1ccc(Br)cc1Cl. The van der Waals surface area contributed by atoms with Gasteiger partial charge in [0.15, 0.2) is 0 Å². The van der Waals surface area contributed by atoms with E-state index in [2.05, 4.69) is 22.9 Å². The van der Waals surface area contributed by atoms with Gasteiger partial charge in [-0.2, -0.15) is 0 Å². The molecule has 0 saturated heterocycles. The molecule has 0 aliphatic heterocycles. The third-order valence-electron chi connectivity index (χ3n) is 2.36. The fourth-order valence-electron chi connectivity index (χ4n) is 1.37. The zero-order valence-corrected chi connectivity index (χ0v) is 11.8. The molecule has 1 rings (SSSR count). The molecule has 0 unspecified atom stereocenters. The summed E-state index contributed by atoms with van der Waals surface area (Å²) in [5.41, 5.74) is 0.559. The molecule has 0 heterocycles. The van der Waals surface area contributed by atoms with Gasteiger partial charge in [-0.05, 0) is 24.6 Å². The molecule has 2 nitrogen and oxygen atoms in total. The Balaban J connectivity index is 2.79. The molecule has 0 aliphatic carbocycles. The first kappa shape index (κ1) is 13.5. The average Bonchev–Trinajstić information content (AvgIpc) is 2.25. The number of carbonyl (C=O) groups is 1. The summed E-state index contributed by atoms with van der Waals surface area (Å²) in [6.07, 6.45) is 2.09. The molecule has 0 N–H and O–H groups in total. The number of rotatable bonds is 4. The highest BCUT2D eigenvalue weighted by Gasteiger charge is 2.14. The Bertz CT molecular complexity index is 381.